The molecule has 1 aliphatic carbocycles. The fourth-order valence-electron chi connectivity index (χ4n) is 3.16. The van der Waals surface area contributed by atoms with Gasteiger partial charge in [-0.25, -0.2) is 0 Å². The number of ether oxygens (including phenoxy) is 2. The number of aryl methyl sites for hydroxylation is 1. The van der Waals surface area contributed by atoms with Gasteiger partial charge in [0.1, 0.15) is 11.5 Å². The third-order valence-electron chi connectivity index (χ3n) is 5.17. The third-order valence-corrected chi connectivity index (χ3v) is 5.17. The molecule has 1 amide bonds. The number of nitrogens with zero attached hydrogens (tertiary/aromatic N) is 1. The number of hydrogen-bond acceptors (Lipinski definition) is 4. The third kappa shape index (κ3) is 9.49. The Hall–Kier alpha value is -2.49. The number of guanidine groups is 1. The molecule has 0 saturated heterocycles. The standard InChI is InChI=1S/C25H34N4O3.HI/c1-4-27-24(30)17-31-22-7-5-6-20(13-22)14-28-25(26-3)29-15-21-11-8-18(2)12-23(21)32-16-19-9-10-19;/h5-8,11-13,19H,4,9-10,14-17H2,1-3H3,(H,27,30)(H2,26,28,29);1H. The highest BCUT2D eigenvalue weighted by Gasteiger charge is 2.22. The van der Waals surface area contributed by atoms with Gasteiger partial charge in [0.15, 0.2) is 12.6 Å². The van der Waals surface area contributed by atoms with E-state index in [4.69, 9.17) is 9.47 Å². The molecule has 3 N–H and O–H groups in total. The van der Waals surface area contributed by atoms with Crippen LogP contribution < -0.4 is 25.4 Å². The van der Waals surface area contributed by atoms with Gasteiger partial charge in [-0.2, -0.15) is 0 Å². The molecule has 1 fully saturated rings. The first-order chi connectivity index (χ1) is 15.6. The molecule has 33 heavy (non-hydrogen) atoms. The van der Waals surface area contributed by atoms with Crippen LogP contribution in [0.2, 0.25) is 0 Å². The molecule has 3 rings (SSSR count). The van der Waals surface area contributed by atoms with Crippen molar-refractivity contribution in [3.05, 3.63) is 59.2 Å². The molecule has 7 nitrogen and oxygen atoms in total. The fourth-order valence-corrected chi connectivity index (χ4v) is 3.16. The minimum Gasteiger partial charge on any atom is -0.493 e. The summed E-state index contributed by atoms with van der Waals surface area (Å²) in [4.78, 5) is 15.9. The molecule has 8 heteroatoms. The number of benzene rings is 2. The van der Waals surface area contributed by atoms with E-state index < -0.39 is 0 Å². The molecule has 1 saturated carbocycles. The summed E-state index contributed by atoms with van der Waals surface area (Å²) in [5, 5.41) is 9.40. The Labute approximate surface area is 213 Å². The molecule has 0 unspecified atom stereocenters. The molecule has 0 radical (unpaired) electrons. The maximum atomic E-state index is 11.6. The lowest BCUT2D eigenvalue weighted by Gasteiger charge is -2.16. The molecule has 2 aromatic rings. The first-order valence-electron chi connectivity index (χ1n) is 11.2. The van der Waals surface area contributed by atoms with E-state index in [0.29, 0.717) is 37.3 Å². The Morgan fingerprint density at radius 2 is 1.85 bits per heavy atom. The van der Waals surface area contributed by atoms with Crippen molar-refractivity contribution in [2.45, 2.75) is 39.8 Å². The number of aliphatic imine (C=N–C) groups is 1. The summed E-state index contributed by atoms with van der Waals surface area (Å²) in [6, 6.07) is 14.0. The van der Waals surface area contributed by atoms with Crippen molar-refractivity contribution >= 4 is 35.8 Å². The van der Waals surface area contributed by atoms with E-state index in [-0.39, 0.29) is 36.5 Å². The van der Waals surface area contributed by atoms with Gasteiger partial charge in [-0.05, 0) is 61.9 Å². The van der Waals surface area contributed by atoms with Gasteiger partial charge in [0.2, 0.25) is 0 Å². The molecule has 0 bridgehead atoms. The summed E-state index contributed by atoms with van der Waals surface area (Å²) in [5.74, 6) is 2.89. The summed E-state index contributed by atoms with van der Waals surface area (Å²) in [6.45, 7) is 6.56. The van der Waals surface area contributed by atoms with Gasteiger partial charge in [-0.1, -0.05) is 24.3 Å². The maximum Gasteiger partial charge on any atom is 0.257 e. The van der Waals surface area contributed by atoms with Gasteiger partial charge in [0, 0.05) is 32.2 Å². The summed E-state index contributed by atoms with van der Waals surface area (Å²) in [5.41, 5.74) is 3.33. The molecule has 2 aromatic carbocycles. The van der Waals surface area contributed by atoms with Gasteiger partial charge in [0.05, 0.1) is 6.61 Å². The number of halogens is 1. The minimum absolute atomic E-state index is 0. The molecule has 0 atom stereocenters. The molecule has 1 aliphatic rings. The van der Waals surface area contributed by atoms with Crippen molar-refractivity contribution in [1.82, 2.24) is 16.0 Å². The van der Waals surface area contributed by atoms with Crippen molar-refractivity contribution in [3.8, 4) is 11.5 Å². The van der Waals surface area contributed by atoms with Crippen LogP contribution >= 0.6 is 24.0 Å². The van der Waals surface area contributed by atoms with Crippen LogP contribution in [0, 0.1) is 12.8 Å². The van der Waals surface area contributed by atoms with Crippen LogP contribution in [0.5, 0.6) is 11.5 Å². The van der Waals surface area contributed by atoms with E-state index >= 15 is 0 Å². The van der Waals surface area contributed by atoms with Crippen LogP contribution in [0.25, 0.3) is 0 Å². The van der Waals surface area contributed by atoms with Crippen molar-refractivity contribution < 1.29 is 14.3 Å². The highest BCUT2D eigenvalue weighted by molar-refractivity contribution is 14.0. The lowest BCUT2D eigenvalue weighted by molar-refractivity contribution is -0.122. The van der Waals surface area contributed by atoms with Gasteiger partial charge in [-0.3, -0.25) is 9.79 Å². The number of rotatable bonds is 11. The fraction of sp³-hybridized carbons (Fsp3) is 0.440. The lowest BCUT2D eigenvalue weighted by Crippen LogP contribution is -2.36. The zero-order valence-electron chi connectivity index (χ0n) is 19.6. The maximum absolute atomic E-state index is 11.6. The summed E-state index contributed by atoms with van der Waals surface area (Å²) in [6.07, 6.45) is 2.54. The van der Waals surface area contributed by atoms with E-state index in [9.17, 15) is 4.79 Å². The van der Waals surface area contributed by atoms with Gasteiger partial charge in [-0.15, -0.1) is 24.0 Å². The number of amides is 1. The first-order valence-corrected chi connectivity index (χ1v) is 11.2. The second-order valence-electron chi connectivity index (χ2n) is 8.03. The molecular formula is C25H35IN4O3. The van der Waals surface area contributed by atoms with E-state index in [1.54, 1.807) is 7.05 Å². The Balaban J connectivity index is 0.00000385. The smallest absolute Gasteiger partial charge is 0.257 e. The number of likely N-dealkylation sites (N-methyl/N-ethyl adjacent to an activating group) is 1. The topological polar surface area (TPSA) is 84.0 Å². The van der Waals surface area contributed by atoms with Crippen LogP contribution in [0.15, 0.2) is 47.5 Å². The van der Waals surface area contributed by atoms with E-state index in [1.165, 1.54) is 18.4 Å². The molecule has 0 aliphatic heterocycles. The van der Waals surface area contributed by atoms with Crippen molar-refractivity contribution in [2.24, 2.45) is 10.9 Å². The van der Waals surface area contributed by atoms with Crippen LogP contribution in [0.1, 0.15) is 36.5 Å². The van der Waals surface area contributed by atoms with E-state index in [0.717, 1.165) is 23.5 Å². The van der Waals surface area contributed by atoms with Crippen molar-refractivity contribution in [3.63, 3.8) is 0 Å². The predicted molar refractivity (Wildman–Crippen MR) is 142 cm³/mol. The zero-order valence-corrected chi connectivity index (χ0v) is 22.0. The normalized spacial score (nSPS) is 13.0. The Morgan fingerprint density at radius 1 is 1.06 bits per heavy atom. The number of nitrogens with one attached hydrogen (secondary N) is 3. The number of carbonyl (C=O) groups is 1. The number of hydrogen-bond donors (Lipinski definition) is 3. The Bertz CT molecular complexity index is 932. The van der Waals surface area contributed by atoms with E-state index in [2.05, 4.69) is 46.1 Å². The first kappa shape index (κ1) is 26.8. The van der Waals surface area contributed by atoms with Crippen LogP contribution in [0.4, 0.5) is 0 Å². The molecule has 0 aromatic heterocycles. The largest absolute Gasteiger partial charge is 0.493 e. The molecule has 0 spiro atoms. The van der Waals surface area contributed by atoms with Crippen molar-refractivity contribution in [2.75, 3.05) is 26.8 Å². The second kappa shape index (κ2) is 13.9. The predicted octanol–water partition coefficient (Wildman–Crippen LogP) is 3.78. The van der Waals surface area contributed by atoms with Crippen LogP contribution in [0.3, 0.4) is 0 Å². The lowest BCUT2D eigenvalue weighted by atomic mass is 10.1. The summed E-state index contributed by atoms with van der Waals surface area (Å²) in [7, 11) is 1.75. The van der Waals surface area contributed by atoms with Crippen LogP contribution in [-0.2, 0) is 17.9 Å². The number of carbonyl (C=O) groups excluding carboxylic acids is 1. The van der Waals surface area contributed by atoms with Crippen LogP contribution in [-0.4, -0.2) is 38.7 Å². The molecular weight excluding hydrogens is 531 g/mol. The average Bonchev–Trinajstić information content (AvgIpc) is 3.62. The van der Waals surface area contributed by atoms with Gasteiger partial charge < -0.3 is 25.4 Å². The Morgan fingerprint density at radius 3 is 2.58 bits per heavy atom. The molecule has 180 valence electrons. The highest BCUT2D eigenvalue weighted by atomic mass is 127. The zero-order chi connectivity index (χ0) is 22.8. The Kier molecular flexibility index (Phi) is 11.3. The van der Waals surface area contributed by atoms with Crippen molar-refractivity contribution in [1.29, 1.82) is 0 Å². The van der Waals surface area contributed by atoms with Gasteiger partial charge >= 0.3 is 0 Å². The van der Waals surface area contributed by atoms with Gasteiger partial charge in [0.25, 0.3) is 5.91 Å². The van der Waals surface area contributed by atoms with E-state index in [1.807, 2.05) is 31.2 Å². The SMILES string of the molecule is CCNC(=O)COc1cccc(CNC(=NC)NCc2ccc(C)cc2OCC2CC2)c1.I. The summed E-state index contributed by atoms with van der Waals surface area (Å²) >= 11 is 0. The summed E-state index contributed by atoms with van der Waals surface area (Å²) < 4.78 is 11.6. The quantitative estimate of drug-likeness (QED) is 0.219. The molecule has 0 heterocycles. The second-order valence-corrected chi connectivity index (χ2v) is 8.03. The highest BCUT2D eigenvalue weighted by Crippen LogP contribution is 2.30. The minimum atomic E-state index is -0.128. The monoisotopic (exact) mass is 566 g/mol. The average molecular weight is 566 g/mol.